The SMILES string of the molecule is Cc1cc(C)c(C)c(OCCCNC(=O)Cn2cc(C(F)(F)F)ccc2=O)c1. The Morgan fingerprint density at radius 2 is 1.89 bits per heavy atom. The van der Waals surface area contributed by atoms with Crippen LogP contribution in [0.5, 0.6) is 5.75 Å². The number of ether oxygens (including phenoxy) is 1. The Kier molecular flexibility index (Phi) is 6.88. The van der Waals surface area contributed by atoms with E-state index < -0.39 is 29.8 Å². The highest BCUT2D eigenvalue weighted by atomic mass is 19.4. The fourth-order valence-electron chi connectivity index (χ4n) is 2.67. The van der Waals surface area contributed by atoms with E-state index in [0.717, 1.165) is 33.1 Å². The van der Waals surface area contributed by atoms with Crippen LogP contribution in [-0.4, -0.2) is 23.6 Å². The number of hydrogen-bond donors (Lipinski definition) is 1. The average molecular weight is 396 g/mol. The van der Waals surface area contributed by atoms with Crippen molar-refractivity contribution in [3.63, 3.8) is 0 Å². The molecule has 28 heavy (non-hydrogen) atoms. The third-order valence-corrected chi connectivity index (χ3v) is 4.29. The summed E-state index contributed by atoms with van der Waals surface area (Å²) in [6, 6.07) is 5.51. The number of nitrogens with one attached hydrogen (secondary N) is 1. The van der Waals surface area contributed by atoms with Gasteiger partial charge in [-0.1, -0.05) is 6.07 Å². The molecule has 0 saturated heterocycles. The lowest BCUT2D eigenvalue weighted by molar-refractivity contribution is -0.138. The highest BCUT2D eigenvalue weighted by Crippen LogP contribution is 2.28. The number of rotatable bonds is 7. The van der Waals surface area contributed by atoms with Crippen molar-refractivity contribution in [2.45, 2.75) is 39.9 Å². The summed E-state index contributed by atoms with van der Waals surface area (Å²) in [4.78, 5) is 23.6. The van der Waals surface area contributed by atoms with Crippen LogP contribution in [0.25, 0.3) is 0 Å². The van der Waals surface area contributed by atoms with Crippen LogP contribution in [0.4, 0.5) is 13.2 Å². The van der Waals surface area contributed by atoms with Crippen LogP contribution in [-0.2, 0) is 17.5 Å². The topological polar surface area (TPSA) is 60.3 Å². The van der Waals surface area contributed by atoms with Crippen LogP contribution in [0, 0.1) is 20.8 Å². The van der Waals surface area contributed by atoms with Gasteiger partial charge in [-0.25, -0.2) is 0 Å². The van der Waals surface area contributed by atoms with Crippen molar-refractivity contribution < 1.29 is 22.7 Å². The first-order valence-corrected chi connectivity index (χ1v) is 8.83. The Bertz CT molecular complexity index is 905. The van der Waals surface area contributed by atoms with Crippen molar-refractivity contribution in [2.75, 3.05) is 13.2 Å². The van der Waals surface area contributed by atoms with Crippen LogP contribution >= 0.6 is 0 Å². The second-order valence-corrected chi connectivity index (χ2v) is 6.64. The summed E-state index contributed by atoms with van der Waals surface area (Å²) >= 11 is 0. The monoisotopic (exact) mass is 396 g/mol. The number of nitrogens with zero attached hydrogens (tertiary/aromatic N) is 1. The molecule has 5 nitrogen and oxygen atoms in total. The van der Waals surface area contributed by atoms with Crippen molar-refractivity contribution in [3.8, 4) is 5.75 Å². The van der Waals surface area contributed by atoms with E-state index in [1.165, 1.54) is 0 Å². The molecule has 8 heteroatoms. The fourth-order valence-corrected chi connectivity index (χ4v) is 2.67. The molecule has 152 valence electrons. The Hall–Kier alpha value is -2.77. The molecule has 1 aromatic heterocycles. The van der Waals surface area contributed by atoms with Gasteiger partial charge in [0.25, 0.3) is 5.56 Å². The molecule has 2 aromatic rings. The van der Waals surface area contributed by atoms with Gasteiger partial charge in [-0.05, 0) is 56.0 Å². The molecule has 0 saturated carbocycles. The van der Waals surface area contributed by atoms with E-state index in [4.69, 9.17) is 4.74 Å². The molecule has 0 atom stereocenters. The first kappa shape index (κ1) is 21.5. The summed E-state index contributed by atoms with van der Waals surface area (Å²) in [5, 5.41) is 2.58. The number of hydrogen-bond acceptors (Lipinski definition) is 3. The summed E-state index contributed by atoms with van der Waals surface area (Å²) < 4.78 is 44.6. The lowest BCUT2D eigenvalue weighted by Crippen LogP contribution is -2.33. The lowest BCUT2D eigenvalue weighted by atomic mass is 10.1. The molecule has 2 rings (SSSR count). The van der Waals surface area contributed by atoms with Gasteiger partial charge in [0.2, 0.25) is 5.91 Å². The second kappa shape index (κ2) is 8.95. The van der Waals surface area contributed by atoms with Crippen molar-refractivity contribution in [3.05, 3.63) is 63.1 Å². The van der Waals surface area contributed by atoms with Gasteiger partial charge >= 0.3 is 6.18 Å². The number of halogens is 3. The Balaban J connectivity index is 1.82. The van der Waals surface area contributed by atoms with E-state index in [-0.39, 0.29) is 6.54 Å². The molecular weight excluding hydrogens is 373 g/mol. The molecule has 1 heterocycles. The normalized spacial score (nSPS) is 11.4. The maximum absolute atomic E-state index is 12.7. The van der Waals surface area contributed by atoms with Crippen LogP contribution in [0.3, 0.4) is 0 Å². The van der Waals surface area contributed by atoms with Crippen molar-refractivity contribution in [1.82, 2.24) is 9.88 Å². The summed E-state index contributed by atoms with van der Waals surface area (Å²) in [6.45, 7) is 6.16. The molecule has 0 aliphatic rings. The number of carbonyl (C=O) groups excluding carboxylic acids is 1. The van der Waals surface area contributed by atoms with E-state index in [1.54, 1.807) is 0 Å². The fraction of sp³-hybridized carbons (Fsp3) is 0.400. The zero-order valence-corrected chi connectivity index (χ0v) is 16.0. The lowest BCUT2D eigenvalue weighted by Gasteiger charge is -2.13. The summed E-state index contributed by atoms with van der Waals surface area (Å²) in [7, 11) is 0. The third kappa shape index (κ3) is 5.87. The van der Waals surface area contributed by atoms with Crippen molar-refractivity contribution in [1.29, 1.82) is 0 Å². The highest BCUT2D eigenvalue weighted by molar-refractivity contribution is 5.75. The molecule has 0 spiro atoms. The maximum atomic E-state index is 12.7. The summed E-state index contributed by atoms with van der Waals surface area (Å²) in [5.74, 6) is 0.253. The molecule has 0 aliphatic carbocycles. The standard InChI is InChI=1S/C20H23F3N2O3/c1-13-9-14(2)15(3)17(10-13)28-8-4-7-24-18(26)12-25-11-16(20(21,22)23)5-6-19(25)27/h5-6,9-11H,4,7-8,12H2,1-3H3,(H,24,26). The van der Waals surface area contributed by atoms with E-state index in [9.17, 15) is 22.8 Å². The molecule has 0 radical (unpaired) electrons. The molecule has 0 bridgehead atoms. The molecular formula is C20H23F3N2O3. The van der Waals surface area contributed by atoms with Crippen molar-refractivity contribution in [2.24, 2.45) is 0 Å². The molecule has 0 unspecified atom stereocenters. The number of amides is 1. The molecule has 1 amide bonds. The van der Waals surface area contributed by atoms with Gasteiger partial charge in [-0.3, -0.25) is 9.59 Å². The van der Waals surface area contributed by atoms with Crippen LogP contribution in [0.1, 0.15) is 28.7 Å². The number of benzene rings is 1. The van der Waals surface area contributed by atoms with Gasteiger partial charge in [-0.15, -0.1) is 0 Å². The Morgan fingerprint density at radius 1 is 1.18 bits per heavy atom. The van der Waals surface area contributed by atoms with E-state index in [0.29, 0.717) is 25.3 Å². The van der Waals surface area contributed by atoms with Gasteiger partial charge < -0.3 is 14.6 Å². The number of alkyl halides is 3. The Morgan fingerprint density at radius 3 is 2.57 bits per heavy atom. The van der Waals surface area contributed by atoms with Gasteiger partial charge in [0, 0.05) is 18.8 Å². The van der Waals surface area contributed by atoms with E-state index in [1.807, 2.05) is 26.8 Å². The molecule has 1 N–H and O–H groups in total. The average Bonchev–Trinajstić information content (AvgIpc) is 2.59. The number of aryl methyl sites for hydroxylation is 2. The first-order valence-electron chi connectivity index (χ1n) is 8.83. The summed E-state index contributed by atoms with van der Waals surface area (Å²) in [5.41, 5.74) is 1.64. The van der Waals surface area contributed by atoms with Gasteiger partial charge in [0.1, 0.15) is 12.3 Å². The zero-order chi connectivity index (χ0) is 20.9. The minimum absolute atomic E-state index is 0.288. The zero-order valence-electron chi connectivity index (χ0n) is 16.0. The number of pyridine rings is 1. The highest BCUT2D eigenvalue weighted by Gasteiger charge is 2.31. The van der Waals surface area contributed by atoms with Gasteiger partial charge in [-0.2, -0.15) is 13.2 Å². The van der Waals surface area contributed by atoms with Gasteiger partial charge in [0.15, 0.2) is 0 Å². The largest absolute Gasteiger partial charge is 0.493 e. The number of carbonyl (C=O) groups is 1. The molecule has 1 aromatic carbocycles. The maximum Gasteiger partial charge on any atom is 0.417 e. The van der Waals surface area contributed by atoms with Crippen LogP contribution in [0.15, 0.2) is 35.3 Å². The Labute approximate surface area is 161 Å². The second-order valence-electron chi connectivity index (χ2n) is 6.64. The van der Waals surface area contributed by atoms with Crippen LogP contribution in [0.2, 0.25) is 0 Å². The predicted molar refractivity (Wildman–Crippen MR) is 99.5 cm³/mol. The quantitative estimate of drug-likeness (QED) is 0.730. The molecule has 0 aliphatic heterocycles. The minimum Gasteiger partial charge on any atom is -0.493 e. The first-order chi connectivity index (χ1) is 13.1. The predicted octanol–water partition coefficient (Wildman–Crippen LogP) is 3.38. The minimum atomic E-state index is -4.57. The van der Waals surface area contributed by atoms with Crippen LogP contribution < -0.4 is 15.6 Å². The third-order valence-electron chi connectivity index (χ3n) is 4.29. The smallest absolute Gasteiger partial charge is 0.417 e. The van der Waals surface area contributed by atoms with E-state index in [2.05, 4.69) is 11.4 Å². The van der Waals surface area contributed by atoms with E-state index >= 15 is 0 Å². The van der Waals surface area contributed by atoms with Gasteiger partial charge in [0.05, 0.1) is 12.2 Å². The number of aromatic nitrogens is 1. The molecule has 0 fully saturated rings. The summed E-state index contributed by atoms with van der Waals surface area (Å²) in [6.07, 6.45) is -3.40. The van der Waals surface area contributed by atoms with Crippen molar-refractivity contribution >= 4 is 5.91 Å².